The molecule has 1 heterocycles. The molecule has 0 saturated heterocycles. The zero-order chi connectivity index (χ0) is 23.0. The van der Waals surface area contributed by atoms with Gasteiger partial charge in [-0.2, -0.15) is 0 Å². The molecule has 8 nitrogen and oxygen atoms in total. The number of esters is 1. The Labute approximate surface area is 188 Å². The summed E-state index contributed by atoms with van der Waals surface area (Å²) in [6.07, 6.45) is 4.74. The van der Waals surface area contributed by atoms with E-state index in [-0.39, 0.29) is 43.1 Å². The van der Waals surface area contributed by atoms with Crippen molar-refractivity contribution in [1.29, 1.82) is 0 Å². The van der Waals surface area contributed by atoms with Crippen molar-refractivity contribution in [3.8, 4) is 0 Å². The fourth-order valence-electron chi connectivity index (χ4n) is 4.40. The molecule has 1 aromatic carbocycles. The Hall–Kier alpha value is -2.45. The Balaban J connectivity index is 1.55. The van der Waals surface area contributed by atoms with Crippen LogP contribution in [0, 0.1) is 0 Å². The molecule has 174 valence electrons. The summed E-state index contributed by atoms with van der Waals surface area (Å²) in [7, 11) is 0. The van der Waals surface area contributed by atoms with Gasteiger partial charge in [0.05, 0.1) is 29.6 Å². The van der Waals surface area contributed by atoms with Gasteiger partial charge in [-0.15, -0.1) is 0 Å². The first-order chi connectivity index (χ1) is 15.1. The smallest absolute Gasteiger partial charge is 0.338 e. The lowest BCUT2D eigenvalue weighted by Crippen LogP contribution is -2.52. The third-order valence-electron chi connectivity index (χ3n) is 6.17. The minimum absolute atomic E-state index is 0.0365. The lowest BCUT2D eigenvalue weighted by Gasteiger charge is -2.37. The number of benzene rings is 1. The van der Waals surface area contributed by atoms with E-state index < -0.39 is 11.6 Å². The average Bonchev–Trinajstić information content (AvgIpc) is 3.56. The summed E-state index contributed by atoms with van der Waals surface area (Å²) in [4.78, 5) is 41.9. The molecule has 1 aromatic rings. The number of carbonyl (C=O) groups excluding carboxylic acids is 3. The molecule has 3 aliphatic rings. The van der Waals surface area contributed by atoms with Crippen LogP contribution in [0.4, 0.5) is 11.4 Å². The van der Waals surface area contributed by atoms with Crippen LogP contribution in [0.5, 0.6) is 0 Å². The van der Waals surface area contributed by atoms with Gasteiger partial charge in [-0.1, -0.05) is 0 Å². The maximum atomic E-state index is 13.1. The normalized spacial score (nSPS) is 23.7. The van der Waals surface area contributed by atoms with Crippen LogP contribution >= 0.6 is 0 Å². The highest BCUT2D eigenvalue weighted by Crippen LogP contribution is 2.41. The summed E-state index contributed by atoms with van der Waals surface area (Å²) in [5, 5.41) is 13.0. The Morgan fingerprint density at radius 2 is 1.78 bits per heavy atom. The van der Waals surface area contributed by atoms with Gasteiger partial charge in [-0.05, 0) is 77.5 Å². The van der Waals surface area contributed by atoms with E-state index in [4.69, 9.17) is 4.74 Å². The highest BCUT2D eigenvalue weighted by atomic mass is 16.6. The monoisotopic (exact) mass is 443 g/mol. The Bertz CT molecular complexity index is 897. The fraction of sp³-hybridized carbons (Fsp3) is 0.625. The van der Waals surface area contributed by atoms with Crippen LogP contribution in [-0.2, 0) is 14.3 Å². The molecule has 0 atom stereocenters. The minimum Gasteiger partial charge on any atom is -0.456 e. The summed E-state index contributed by atoms with van der Waals surface area (Å²) in [5.74, 6) is -0.761. The fourth-order valence-corrected chi connectivity index (χ4v) is 4.40. The van der Waals surface area contributed by atoms with Crippen LogP contribution in [0.25, 0.3) is 0 Å². The van der Waals surface area contributed by atoms with E-state index >= 15 is 0 Å². The van der Waals surface area contributed by atoms with Crippen molar-refractivity contribution >= 4 is 29.2 Å². The first-order valence-corrected chi connectivity index (χ1v) is 11.5. The van der Waals surface area contributed by atoms with E-state index in [0.717, 1.165) is 38.5 Å². The summed E-state index contributed by atoms with van der Waals surface area (Å²) in [5.41, 5.74) is 0.974. The lowest BCUT2D eigenvalue weighted by atomic mass is 9.93. The molecular weight excluding hydrogens is 410 g/mol. The van der Waals surface area contributed by atoms with Crippen LogP contribution < -0.4 is 15.1 Å². The molecule has 2 aliphatic carbocycles. The van der Waals surface area contributed by atoms with Crippen LogP contribution in [-0.4, -0.2) is 59.8 Å². The molecule has 4 rings (SSSR count). The number of rotatable bonds is 5. The number of fused-ring (bicyclic) bond motifs is 1. The van der Waals surface area contributed by atoms with Crippen LogP contribution in [0.3, 0.4) is 0 Å². The second kappa shape index (κ2) is 8.83. The first-order valence-electron chi connectivity index (χ1n) is 11.5. The van der Waals surface area contributed by atoms with Gasteiger partial charge < -0.3 is 20.1 Å². The maximum Gasteiger partial charge on any atom is 0.338 e. The molecule has 2 N–H and O–H groups in total. The van der Waals surface area contributed by atoms with Gasteiger partial charge in [-0.25, -0.2) is 4.79 Å². The van der Waals surface area contributed by atoms with Crippen molar-refractivity contribution < 1.29 is 24.2 Å². The van der Waals surface area contributed by atoms with Gasteiger partial charge in [-0.3, -0.25) is 14.5 Å². The van der Waals surface area contributed by atoms with Gasteiger partial charge in [0, 0.05) is 12.1 Å². The van der Waals surface area contributed by atoms with Gasteiger partial charge in [0.25, 0.3) is 0 Å². The molecular formula is C24H33N3O5. The molecule has 8 heteroatoms. The van der Waals surface area contributed by atoms with Crippen molar-refractivity contribution in [3.63, 3.8) is 0 Å². The number of hydrogen-bond donors (Lipinski definition) is 2. The van der Waals surface area contributed by atoms with Crippen molar-refractivity contribution in [1.82, 2.24) is 5.32 Å². The van der Waals surface area contributed by atoms with E-state index in [1.165, 1.54) is 4.90 Å². The zero-order valence-corrected chi connectivity index (χ0v) is 19.1. The van der Waals surface area contributed by atoms with Gasteiger partial charge in [0.1, 0.15) is 12.1 Å². The minimum atomic E-state index is -0.629. The molecule has 0 aromatic heterocycles. The number of aliphatic hydroxyl groups is 1. The summed E-state index contributed by atoms with van der Waals surface area (Å²) in [6.45, 7) is 5.49. The number of carbonyl (C=O) groups is 3. The Morgan fingerprint density at radius 1 is 1.09 bits per heavy atom. The van der Waals surface area contributed by atoms with Gasteiger partial charge >= 0.3 is 5.97 Å². The second-order valence-corrected chi connectivity index (χ2v) is 10.1. The number of ether oxygens (including phenoxy) is 1. The number of amides is 2. The SMILES string of the molecule is CC(C)(C)OC(=O)c1ccc2c(c1)N(C(=O)CNC1CCC(O)CC1)CC(=O)N2C1CC1. The Kier molecular flexibility index (Phi) is 6.27. The van der Waals surface area contributed by atoms with Crippen LogP contribution in [0.2, 0.25) is 0 Å². The predicted molar refractivity (Wildman–Crippen MR) is 121 cm³/mol. The van der Waals surface area contributed by atoms with E-state index in [0.29, 0.717) is 16.9 Å². The average molecular weight is 444 g/mol. The molecule has 0 bridgehead atoms. The molecule has 1 aliphatic heterocycles. The first kappa shape index (κ1) is 22.7. The van der Waals surface area contributed by atoms with Crippen molar-refractivity contribution in [2.75, 3.05) is 22.9 Å². The topological polar surface area (TPSA) is 99.2 Å². The standard InChI is InChI=1S/C24H33N3O5/c1-24(2,3)32-23(31)15-4-11-19-20(12-15)26(14-22(30)27(19)17-7-8-17)21(29)13-25-16-5-9-18(28)10-6-16/h4,11-12,16-18,25,28H,5-10,13-14H2,1-3H3. The molecule has 0 unspecified atom stereocenters. The van der Waals surface area contributed by atoms with E-state index in [9.17, 15) is 19.5 Å². The third kappa shape index (κ3) is 5.13. The van der Waals surface area contributed by atoms with E-state index in [2.05, 4.69) is 5.32 Å². The van der Waals surface area contributed by atoms with Crippen LogP contribution in [0.15, 0.2) is 18.2 Å². The summed E-state index contributed by atoms with van der Waals surface area (Å²) >= 11 is 0. The molecule has 2 fully saturated rings. The largest absolute Gasteiger partial charge is 0.456 e. The molecule has 0 spiro atoms. The van der Waals surface area contributed by atoms with Crippen molar-refractivity contribution in [3.05, 3.63) is 23.8 Å². The van der Waals surface area contributed by atoms with Crippen LogP contribution in [0.1, 0.15) is 69.7 Å². The maximum absolute atomic E-state index is 13.1. The summed E-state index contributed by atoms with van der Waals surface area (Å²) in [6, 6.07) is 5.42. The zero-order valence-electron chi connectivity index (χ0n) is 19.1. The predicted octanol–water partition coefficient (Wildman–Crippen LogP) is 2.38. The highest BCUT2D eigenvalue weighted by molar-refractivity contribution is 6.12. The molecule has 2 saturated carbocycles. The van der Waals surface area contributed by atoms with Crippen molar-refractivity contribution in [2.45, 2.75) is 83.1 Å². The number of nitrogens with zero attached hydrogens (tertiary/aromatic N) is 2. The summed E-state index contributed by atoms with van der Waals surface area (Å²) < 4.78 is 5.50. The number of hydrogen-bond acceptors (Lipinski definition) is 6. The lowest BCUT2D eigenvalue weighted by molar-refractivity contribution is -0.122. The number of anilines is 2. The molecule has 2 amide bonds. The Morgan fingerprint density at radius 3 is 2.41 bits per heavy atom. The number of aliphatic hydroxyl groups excluding tert-OH is 1. The van der Waals surface area contributed by atoms with Gasteiger partial charge in [0.15, 0.2) is 0 Å². The van der Waals surface area contributed by atoms with Crippen molar-refractivity contribution in [2.24, 2.45) is 0 Å². The van der Waals surface area contributed by atoms with E-state index in [1.54, 1.807) is 23.1 Å². The quantitative estimate of drug-likeness (QED) is 0.678. The molecule has 32 heavy (non-hydrogen) atoms. The highest BCUT2D eigenvalue weighted by Gasteiger charge is 2.41. The van der Waals surface area contributed by atoms with Gasteiger partial charge in [0.2, 0.25) is 11.8 Å². The third-order valence-corrected chi connectivity index (χ3v) is 6.17. The molecule has 0 radical (unpaired) electrons. The van der Waals surface area contributed by atoms with E-state index in [1.807, 2.05) is 20.8 Å². The number of nitrogens with one attached hydrogen (secondary N) is 1. The second-order valence-electron chi connectivity index (χ2n) is 10.1.